The summed E-state index contributed by atoms with van der Waals surface area (Å²) in [4.78, 5) is 15.3. The molecule has 0 unspecified atom stereocenters. The van der Waals surface area contributed by atoms with Crippen molar-refractivity contribution >= 4 is 21.8 Å². The third-order valence-electron chi connectivity index (χ3n) is 1.51. The van der Waals surface area contributed by atoms with E-state index in [1.54, 1.807) is 0 Å². The Labute approximate surface area is 90.1 Å². The van der Waals surface area contributed by atoms with Crippen LogP contribution < -0.4 is 5.32 Å². The Morgan fingerprint density at radius 3 is 2.93 bits per heavy atom. The van der Waals surface area contributed by atoms with Crippen molar-refractivity contribution < 1.29 is 4.79 Å². The Balaban J connectivity index is 2.56. The van der Waals surface area contributed by atoms with Gasteiger partial charge in [0.25, 0.3) is 5.91 Å². The van der Waals surface area contributed by atoms with E-state index in [1.165, 1.54) is 0 Å². The molecule has 0 aliphatic carbocycles. The average Bonchev–Trinajstić information content (AvgIpc) is 2.62. The van der Waals surface area contributed by atoms with Gasteiger partial charge in [-0.1, -0.05) is 29.4 Å². The van der Waals surface area contributed by atoms with Crippen LogP contribution in [0.25, 0.3) is 0 Å². The molecule has 5 nitrogen and oxygen atoms in total. The number of nitrogens with zero attached hydrogens (tertiary/aromatic N) is 2. The maximum atomic E-state index is 11.4. The van der Waals surface area contributed by atoms with Crippen LogP contribution in [0, 0.1) is 0 Å². The molecule has 0 spiro atoms. The number of amides is 1. The number of nitrogens with one attached hydrogen (secondary N) is 2. The van der Waals surface area contributed by atoms with Crippen molar-refractivity contribution in [2.45, 2.75) is 13.3 Å². The highest BCUT2D eigenvalue weighted by atomic mass is 79.9. The first-order chi connectivity index (χ1) is 6.63. The van der Waals surface area contributed by atoms with E-state index in [2.05, 4.69) is 43.0 Å². The van der Waals surface area contributed by atoms with Gasteiger partial charge in [-0.2, -0.15) is 0 Å². The van der Waals surface area contributed by atoms with Crippen molar-refractivity contribution in [3.8, 4) is 0 Å². The van der Waals surface area contributed by atoms with E-state index >= 15 is 0 Å². The van der Waals surface area contributed by atoms with Gasteiger partial charge in [0, 0.05) is 17.4 Å². The van der Waals surface area contributed by atoms with Crippen LogP contribution in [0.4, 0.5) is 0 Å². The van der Waals surface area contributed by atoms with E-state index in [1.807, 2.05) is 6.92 Å². The number of carbonyl (C=O) groups is 1. The molecule has 6 heteroatoms. The van der Waals surface area contributed by atoms with E-state index in [0.29, 0.717) is 16.9 Å². The van der Waals surface area contributed by atoms with Crippen molar-refractivity contribution in [3.05, 3.63) is 22.7 Å². The van der Waals surface area contributed by atoms with Gasteiger partial charge in [0.1, 0.15) is 5.82 Å². The van der Waals surface area contributed by atoms with Gasteiger partial charge >= 0.3 is 0 Å². The lowest BCUT2D eigenvalue weighted by atomic mass is 10.4. The molecule has 1 aromatic heterocycles. The summed E-state index contributed by atoms with van der Waals surface area (Å²) in [6, 6.07) is 0. The number of aromatic amines is 1. The molecule has 0 atom stereocenters. The van der Waals surface area contributed by atoms with Crippen molar-refractivity contribution in [1.29, 1.82) is 0 Å². The van der Waals surface area contributed by atoms with Gasteiger partial charge in [0.05, 0.1) is 0 Å². The molecule has 0 aliphatic heterocycles. The lowest BCUT2D eigenvalue weighted by molar-refractivity contribution is 0.0948. The Morgan fingerprint density at radius 1 is 1.71 bits per heavy atom. The highest BCUT2D eigenvalue weighted by Crippen LogP contribution is 1.98. The van der Waals surface area contributed by atoms with E-state index in [-0.39, 0.29) is 11.7 Å². The topological polar surface area (TPSA) is 70.7 Å². The Bertz CT molecular complexity index is 347. The Kier molecular flexibility index (Phi) is 3.82. The van der Waals surface area contributed by atoms with Crippen molar-refractivity contribution in [1.82, 2.24) is 20.5 Å². The van der Waals surface area contributed by atoms with Crippen LogP contribution in [0.1, 0.15) is 23.4 Å². The van der Waals surface area contributed by atoms with E-state index < -0.39 is 0 Å². The molecule has 0 aromatic carbocycles. The zero-order chi connectivity index (χ0) is 10.6. The molecule has 1 amide bonds. The minimum Gasteiger partial charge on any atom is -0.345 e. The van der Waals surface area contributed by atoms with Gasteiger partial charge in [-0.15, -0.1) is 5.10 Å². The third-order valence-corrected chi connectivity index (χ3v) is 1.79. The summed E-state index contributed by atoms with van der Waals surface area (Å²) < 4.78 is 0.706. The average molecular weight is 259 g/mol. The van der Waals surface area contributed by atoms with Gasteiger partial charge in [0.15, 0.2) is 0 Å². The van der Waals surface area contributed by atoms with Gasteiger partial charge in [-0.25, -0.2) is 4.98 Å². The largest absolute Gasteiger partial charge is 0.345 e. The monoisotopic (exact) mass is 258 g/mol. The Morgan fingerprint density at radius 2 is 2.43 bits per heavy atom. The summed E-state index contributed by atoms with van der Waals surface area (Å²) in [5.41, 5.74) is 0. The molecule has 0 saturated carbocycles. The first-order valence-corrected chi connectivity index (χ1v) is 4.95. The second-order valence-electron chi connectivity index (χ2n) is 2.66. The maximum Gasteiger partial charge on any atom is 0.291 e. The number of halogens is 1. The van der Waals surface area contributed by atoms with Crippen LogP contribution in [-0.2, 0) is 6.42 Å². The quantitative estimate of drug-likeness (QED) is 0.847. The van der Waals surface area contributed by atoms with Gasteiger partial charge in [-0.05, 0) is 0 Å². The summed E-state index contributed by atoms with van der Waals surface area (Å²) in [5, 5.41) is 9.05. The third kappa shape index (κ3) is 2.95. The summed E-state index contributed by atoms with van der Waals surface area (Å²) in [6.07, 6.45) is 0.728. The van der Waals surface area contributed by atoms with Gasteiger partial charge < -0.3 is 5.32 Å². The smallest absolute Gasteiger partial charge is 0.291 e. The van der Waals surface area contributed by atoms with Crippen molar-refractivity contribution in [3.63, 3.8) is 0 Å². The first-order valence-electron chi connectivity index (χ1n) is 4.16. The summed E-state index contributed by atoms with van der Waals surface area (Å²) in [6.45, 7) is 5.90. The number of hydrogen-bond donors (Lipinski definition) is 2. The summed E-state index contributed by atoms with van der Waals surface area (Å²) in [7, 11) is 0. The van der Waals surface area contributed by atoms with Gasteiger partial charge in [0.2, 0.25) is 5.82 Å². The normalized spacial score (nSPS) is 9.86. The fraction of sp³-hybridized carbons (Fsp3) is 0.375. The summed E-state index contributed by atoms with van der Waals surface area (Å²) in [5.74, 6) is 0.560. The zero-order valence-electron chi connectivity index (χ0n) is 7.80. The van der Waals surface area contributed by atoms with Crippen molar-refractivity contribution in [2.75, 3.05) is 6.54 Å². The van der Waals surface area contributed by atoms with Crippen LogP contribution in [0.2, 0.25) is 0 Å². The highest BCUT2D eigenvalue weighted by Gasteiger charge is 2.10. The predicted molar refractivity (Wildman–Crippen MR) is 56.2 cm³/mol. The maximum absolute atomic E-state index is 11.4. The number of hydrogen-bond acceptors (Lipinski definition) is 3. The second kappa shape index (κ2) is 4.90. The number of H-pyrrole nitrogens is 1. The molecule has 0 fully saturated rings. The van der Waals surface area contributed by atoms with Crippen LogP contribution in [0.15, 0.2) is 11.1 Å². The molecule has 0 bridgehead atoms. The fourth-order valence-electron chi connectivity index (χ4n) is 0.810. The van der Waals surface area contributed by atoms with Crippen LogP contribution >= 0.6 is 15.9 Å². The van der Waals surface area contributed by atoms with E-state index in [0.717, 1.165) is 6.42 Å². The summed E-state index contributed by atoms with van der Waals surface area (Å²) >= 11 is 3.14. The SMILES string of the molecule is C=C(Br)CNC(=O)c1n[nH]c(CC)n1. The number of aromatic nitrogens is 3. The van der Waals surface area contributed by atoms with E-state index in [9.17, 15) is 4.79 Å². The molecule has 0 saturated heterocycles. The van der Waals surface area contributed by atoms with Crippen LogP contribution in [0.5, 0.6) is 0 Å². The molecule has 0 aliphatic rings. The lowest BCUT2D eigenvalue weighted by Gasteiger charge is -1.98. The predicted octanol–water partition coefficient (Wildman–Crippen LogP) is 1.01. The minimum atomic E-state index is -0.304. The molecule has 1 rings (SSSR count). The first kappa shape index (κ1) is 10.9. The van der Waals surface area contributed by atoms with E-state index in [4.69, 9.17) is 0 Å². The zero-order valence-corrected chi connectivity index (χ0v) is 9.39. The standard InChI is InChI=1S/C8H11BrN4O/c1-3-6-11-7(13-12-6)8(14)10-4-5(2)9/h2-4H2,1H3,(H,10,14)(H,11,12,13). The molecule has 14 heavy (non-hydrogen) atoms. The molecule has 1 aromatic rings. The van der Waals surface area contributed by atoms with Crippen LogP contribution in [0.3, 0.4) is 0 Å². The lowest BCUT2D eigenvalue weighted by Crippen LogP contribution is -2.25. The van der Waals surface area contributed by atoms with Crippen molar-refractivity contribution in [2.24, 2.45) is 0 Å². The minimum absolute atomic E-state index is 0.163. The molecule has 76 valence electrons. The number of rotatable bonds is 4. The molecular formula is C8H11BrN4O. The molecule has 2 N–H and O–H groups in total. The fourth-order valence-corrected chi connectivity index (χ4v) is 0.950. The number of carbonyl (C=O) groups excluding carboxylic acids is 1. The van der Waals surface area contributed by atoms with Gasteiger partial charge in [-0.3, -0.25) is 9.89 Å². The Hall–Kier alpha value is -1.17. The second-order valence-corrected chi connectivity index (χ2v) is 3.78. The molecular weight excluding hydrogens is 248 g/mol. The molecule has 0 radical (unpaired) electrons. The highest BCUT2D eigenvalue weighted by molar-refractivity contribution is 9.11. The number of aryl methyl sites for hydroxylation is 1. The molecule has 1 heterocycles. The van der Waals surface area contributed by atoms with Crippen LogP contribution in [-0.4, -0.2) is 27.6 Å².